The summed E-state index contributed by atoms with van der Waals surface area (Å²) in [4.78, 5) is 0. The van der Waals surface area contributed by atoms with E-state index in [1.165, 1.54) is 20.3 Å². The molecule has 0 saturated carbocycles. The second kappa shape index (κ2) is 5.33. The van der Waals surface area contributed by atoms with Crippen LogP contribution in [0, 0.1) is 6.92 Å². The Morgan fingerprint density at radius 3 is 2.18 bits per heavy atom. The molecule has 0 fully saturated rings. The van der Waals surface area contributed by atoms with E-state index in [0.717, 1.165) is 0 Å². The first kappa shape index (κ1) is 14.4. The summed E-state index contributed by atoms with van der Waals surface area (Å²) in [7, 11) is 4.42. The highest BCUT2D eigenvalue weighted by Crippen LogP contribution is 2.39. The molecule has 4 nitrogen and oxygen atoms in total. The minimum Gasteiger partial charge on any atom is -0.493 e. The van der Waals surface area contributed by atoms with E-state index in [0.29, 0.717) is 27.6 Å². The van der Waals surface area contributed by atoms with Crippen molar-refractivity contribution in [3.8, 4) is 11.5 Å². The van der Waals surface area contributed by atoms with Crippen molar-refractivity contribution in [1.29, 1.82) is 0 Å². The van der Waals surface area contributed by atoms with E-state index in [1.54, 1.807) is 6.92 Å². The Morgan fingerprint density at radius 2 is 1.76 bits per heavy atom. The molecule has 0 atom stereocenters. The van der Waals surface area contributed by atoms with Crippen LogP contribution in [0.4, 0.5) is 0 Å². The van der Waals surface area contributed by atoms with E-state index < -0.39 is 9.05 Å². The van der Waals surface area contributed by atoms with E-state index in [-0.39, 0.29) is 5.75 Å². The topological polar surface area (TPSA) is 52.6 Å². The van der Waals surface area contributed by atoms with Gasteiger partial charge < -0.3 is 9.47 Å². The van der Waals surface area contributed by atoms with Crippen LogP contribution in [-0.4, -0.2) is 22.6 Å². The normalized spacial score (nSPS) is 11.4. The lowest BCUT2D eigenvalue weighted by Crippen LogP contribution is -2.02. The van der Waals surface area contributed by atoms with Gasteiger partial charge in [-0.05, 0) is 13.0 Å². The van der Waals surface area contributed by atoms with Gasteiger partial charge >= 0.3 is 0 Å². The van der Waals surface area contributed by atoms with Gasteiger partial charge in [0.1, 0.15) is 0 Å². The number of rotatable bonds is 4. The Balaban J connectivity index is 3.45. The van der Waals surface area contributed by atoms with E-state index in [1.807, 2.05) is 0 Å². The zero-order valence-electron chi connectivity index (χ0n) is 9.58. The lowest BCUT2D eigenvalue weighted by molar-refractivity contribution is 0.350. The average molecular weight is 299 g/mol. The molecule has 0 bridgehead atoms. The standard InChI is InChI=1S/C10H12Cl2O4S/c1-6-8(11)4-7(5-17(12,13)14)10(16-3)9(6)15-2/h4H,5H2,1-3H3. The Kier molecular flexibility index (Phi) is 4.52. The quantitative estimate of drug-likeness (QED) is 0.802. The molecule has 7 heteroatoms. The lowest BCUT2D eigenvalue weighted by atomic mass is 10.1. The molecule has 0 spiro atoms. The summed E-state index contributed by atoms with van der Waals surface area (Å²) in [6, 6.07) is 1.51. The molecule has 1 aromatic rings. The predicted molar refractivity (Wildman–Crippen MR) is 67.8 cm³/mol. The minimum absolute atomic E-state index is 0.332. The molecule has 0 aromatic heterocycles. The van der Waals surface area contributed by atoms with E-state index in [4.69, 9.17) is 31.8 Å². The SMILES string of the molecule is COc1c(CS(=O)(=O)Cl)cc(Cl)c(C)c1OC. The lowest BCUT2D eigenvalue weighted by Gasteiger charge is -2.15. The predicted octanol–water partition coefficient (Wildman–Crippen LogP) is 2.73. The Hall–Kier alpha value is -0.650. The first-order valence-corrected chi connectivity index (χ1v) is 7.48. The third kappa shape index (κ3) is 3.40. The smallest absolute Gasteiger partial charge is 0.236 e. The molecular weight excluding hydrogens is 287 g/mol. The van der Waals surface area contributed by atoms with Gasteiger partial charge in [-0.3, -0.25) is 0 Å². The summed E-state index contributed by atoms with van der Waals surface area (Å²) < 4.78 is 32.5. The van der Waals surface area contributed by atoms with E-state index in [2.05, 4.69) is 0 Å². The number of halogens is 2. The summed E-state index contributed by atoms with van der Waals surface area (Å²) in [5.74, 6) is 0.377. The molecule has 0 amide bonds. The van der Waals surface area contributed by atoms with Crippen molar-refractivity contribution in [2.24, 2.45) is 0 Å². The fourth-order valence-electron chi connectivity index (χ4n) is 1.51. The van der Waals surface area contributed by atoms with Crippen LogP contribution < -0.4 is 9.47 Å². The van der Waals surface area contributed by atoms with Gasteiger partial charge in [0.05, 0.1) is 20.0 Å². The Labute approximate surface area is 110 Å². The second-order valence-electron chi connectivity index (χ2n) is 3.39. The fourth-order valence-corrected chi connectivity index (χ4v) is 2.67. The summed E-state index contributed by atoms with van der Waals surface area (Å²) >= 11 is 5.98. The Bertz CT molecular complexity index is 526. The molecule has 0 N–H and O–H groups in total. The summed E-state index contributed by atoms with van der Waals surface area (Å²) in [5, 5.41) is 0.401. The molecule has 1 rings (SSSR count). The maximum absolute atomic E-state index is 11.1. The van der Waals surface area contributed by atoms with Crippen molar-refractivity contribution in [2.45, 2.75) is 12.7 Å². The zero-order valence-corrected chi connectivity index (χ0v) is 11.9. The monoisotopic (exact) mass is 298 g/mol. The molecule has 17 heavy (non-hydrogen) atoms. The molecule has 0 aliphatic rings. The van der Waals surface area contributed by atoms with Gasteiger partial charge in [-0.25, -0.2) is 8.42 Å². The molecule has 0 aliphatic carbocycles. The van der Waals surface area contributed by atoms with E-state index in [9.17, 15) is 8.42 Å². The van der Waals surface area contributed by atoms with Crippen LogP contribution in [0.25, 0.3) is 0 Å². The van der Waals surface area contributed by atoms with Crippen LogP contribution in [-0.2, 0) is 14.8 Å². The van der Waals surface area contributed by atoms with Crippen molar-refractivity contribution < 1.29 is 17.9 Å². The molecule has 0 aliphatic heterocycles. The van der Waals surface area contributed by atoms with E-state index >= 15 is 0 Å². The van der Waals surface area contributed by atoms with Gasteiger partial charge in [0.2, 0.25) is 9.05 Å². The molecule has 0 saturated heterocycles. The van der Waals surface area contributed by atoms with Gasteiger partial charge in [-0.2, -0.15) is 0 Å². The summed E-state index contributed by atoms with van der Waals surface area (Å²) in [6.07, 6.45) is 0. The van der Waals surface area contributed by atoms with Crippen molar-refractivity contribution in [3.05, 3.63) is 22.2 Å². The highest BCUT2D eigenvalue weighted by molar-refractivity contribution is 8.13. The maximum atomic E-state index is 11.1. The Morgan fingerprint density at radius 1 is 1.24 bits per heavy atom. The van der Waals surface area contributed by atoms with Gasteiger partial charge in [-0.15, -0.1) is 0 Å². The number of benzene rings is 1. The van der Waals surface area contributed by atoms with Crippen LogP contribution in [0.1, 0.15) is 11.1 Å². The van der Waals surface area contributed by atoms with Crippen LogP contribution in [0.3, 0.4) is 0 Å². The third-order valence-corrected chi connectivity index (χ3v) is 3.61. The summed E-state index contributed by atoms with van der Waals surface area (Å²) in [5.41, 5.74) is 1.05. The van der Waals surface area contributed by atoms with Crippen LogP contribution in [0.15, 0.2) is 6.07 Å². The second-order valence-corrected chi connectivity index (χ2v) is 6.58. The number of hydrogen-bond acceptors (Lipinski definition) is 4. The average Bonchev–Trinajstić information content (AvgIpc) is 2.20. The molecule has 0 radical (unpaired) electrons. The third-order valence-electron chi connectivity index (χ3n) is 2.23. The van der Waals surface area contributed by atoms with Crippen molar-refractivity contribution >= 4 is 31.3 Å². The minimum atomic E-state index is -3.69. The zero-order chi connectivity index (χ0) is 13.2. The van der Waals surface area contributed by atoms with Crippen molar-refractivity contribution in [1.82, 2.24) is 0 Å². The summed E-state index contributed by atoms with van der Waals surface area (Å²) in [6.45, 7) is 1.75. The number of hydrogen-bond donors (Lipinski definition) is 0. The van der Waals surface area contributed by atoms with Gasteiger partial charge in [0.25, 0.3) is 0 Å². The molecule has 0 unspecified atom stereocenters. The van der Waals surface area contributed by atoms with Crippen LogP contribution >= 0.6 is 22.3 Å². The molecular formula is C10H12Cl2O4S. The largest absolute Gasteiger partial charge is 0.493 e. The van der Waals surface area contributed by atoms with Crippen molar-refractivity contribution in [2.75, 3.05) is 14.2 Å². The highest BCUT2D eigenvalue weighted by atomic mass is 35.7. The molecule has 1 aromatic carbocycles. The number of methoxy groups -OCH3 is 2. The maximum Gasteiger partial charge on any atom is 0.236 e. The highest BCUT2D eigenvalue weighted by Gasteiger charge is 2.19. The van der Waals surface area contributed by atoms with Gasteiger partial charge in [0.15, 0.2) is 11.5 Å². The van der Waals surface area contributed by atoms with Crippen molar-refractivity contribution in [3.63, 3.8) is 0 Å². The first-order chi connectivity index (χ1) is 7.80. The fraction of sp³-hybridized carbons (Fsp3) is 0.400. The van der Waals surface area contributed by atoms with Gasteiger partial charge in [-0.1, -0.05) is 11.6 Å². The number of ether oxygens (including phenoxy) is 2. The first-order valence-electron chi connectivity index (χ1n) is 4.62. The molecule has 0 heterocycles. The molecule has 96 valence electrons. The van der Waals surface area contributed by atoms with Crippen LogP contribution in [0.2, 0.25) is 5.02 Å². The van der Waals surface area contributed by atoms with Gasteiger partial charge in [0, 0.05) is 26.8 Å². The van der Waals surface area contributed by atoms with Crippen LogP contribution in [0.5, 0.6) is 11.5 Å².